The normalized spacial score (nSPS) is 12.8. The quantitative estimate of drug-likeness (QED) is 0.457. The fraction of sp³-hybridized carbons (Fsp3) is 0.800. The summed E-state index contributed by atoms with van der Waals surface area (Å²) in [6.07, 6.45) is -0.301. The predicted molar refractivity (Wildman–Crippen MR) is 80.1 cm³/mol. The molecule has 0 aliphatic rings. The van der Waals surface area contributed by atoms with Crippen molar-refractivity contribution in [1.82, 2.24) is 5.32 Å². The van der Waals surface area contributed by atoms with Crippen LogP contribution in [0.25, 0.3) is 0 Å². The second-order valence-electron chi connectivity index (χ2n) is 6.41. The maximum absolute atomic E-state index is 11.9. The van der Waals surface area contributed by atoms with Crippen LogP contribution < -0.4 is 5.32 Å². The van der Waals surface area contributed by atoms with Gasteiger partial charge in [-0.1, -0.05) is 13.8 Å². The zero-order valence-corrected chi connectivity index (χ0v) is 14.4. The van der Waals surface area contributed by atoms with Crippen molar-refractivity contribution in [2.24, 2.45) is 11.8 Å². The Balaban J connectivity index is 5.25. The van der Waals surface area contributed by atoms with Crippen LogP contribution in [0.4, 0.5) is 4.79 Å². The van der Waals surface area contributed by atoms with Crippen molar-refractivity contribution in [2.45, 2.75) is 52.7 Å². The second-order valence-corrected chi connectivity index (χ2v) is 6.41. The third-order valence-corrected chi connectivity index (χ3v) is 2.74. The van der Waals surface area contributed by atoms with Gasteiger partial charge in [0.25, 0.3) is 0 Å². The fourth-order valence-corrected chi connectivity index (χ4v) is 1.92. The summed E-state index contributed by atoms with van der Waals surface area (Å²) in [7, 11) is 2.36. The lowest BCUT2D eigenvalue weighted by atomic mass is 9.92. The Bertz CT molecular complexity index is 383. The average Bonchev–Trinajstić information content (AvgIpc) is 2.35. The van der Waals surface area contributed by atoms with Gasteiger partial charge in [0.05, 0.1) is 20.3 Å². The highest BCUT2D eigenvalue weighted by Gasteiger charge is 2.38. The van der Waals surface area contributed by atoms with Gasteiger partial charge >= 0.3 is 18.0 Å². The highest BCUT2D eigenvalue weighted by Crippen LogP contribution is 2.18. The molecule has 1 atom stereocenters. The first-order valence-electron chi connectivity index (χ1n) is 7.17. The van der Waals surface area contributed by atoms with E-state index in [0.29, 0.717) is 6.42 Å². The highest BCUT2D eigenvalue weighted by atomic mass is 16.6. The van der Waals surface area contributed by atoms with E-state index < -0.39 is 35.6 Å². The van der Waals surface area contributed by atoms with Crippen LogP contribution in [0.5, 0.6) is 0 Å². The van der Waals surface area contributed by atoms with Crippen LogP contribution in [-0.4, -0.2) is 43.9 Å². The predicted octanol–water partition coefficient (Wildman–Crippen LogP) is 1.89. The van der Waals surface area contributed by atoms with Crippen LogP contribution >= 0.6 is 0 Å². The summed E-state index contributed by atoms with van der Waals surface area (Å²) < 4.78 is 14.5. The van der Waals surface area contributed by atoms with E-state index in [1.54, 1.807) is 20.8 Å². The van der Waals surface area contributed by atoms with Crippen LogP contribution in [-0.2, 0) is 23.8 Å². The summed E-state index contributed by atoms with van der Waals surface area (Å²) in [5, 5.41) is 2.57. The molecular weight excluding hydrogens is 290 g/mol. The molecule has 7 nitrogen and oxygen atoms in total. The van der Waals surface area contributed by atoms with Crippen LogP contribution in [0.15, 0.2) is 0 Å². The van der Waals surface area contributed by atoms with Crippen molar-refractivity contribution in [3.8, 4) is 0 Å². The molecule has 0 unspecified atom stereocenters. The molecule has 0 spiro atoms. The van der Waals surface area contributed by atoms with Crippen molar-refractivity contribution in [3.63, 3.8) is 0 Å². The number of nitrogens with one attached hydrogen (secondary N) is 1. The van der Waals surface area contributed by atoms with Gasteiger partial charge in [0.15, 0.2) is 5.92 Å². The Kier molecular flexibility index (Phi) is 7.90. The van der Waals surface area contributed by atoms with Gasteiger partial charge in [0.1, 0.15) is 5.60 Å². The minimum absolute atomic E-state index is 0.136. The van der Waals surface area contributed by atoms with Crippen molar-refractivity contribution < 1.29 is 28.6 Å². The molecule has 0 saturated heterocycles. The van der Waals surface area contributed by atoms with Crippen LogP contribution in [0.1, 0.15) is 41.0 Å². The molecule has 7 heteroatoms. The van der Waals surface area contributed by atoms with Gasteiger partial charge in [0.2, 0.25) is 0 Å². The largest absolute Gasteiger partial charge is 0.468 e. The molecule has 0 aliphatic heterocycles. The summed E-state index contributed by atoms with van der Waals surface area (Å²) in [6.45, 7) is 9.00. The molecule has 0 aromatic heterocycles. The molecule has 1 N–H and O–H groups in total. The Hall–Kier alpha value is -1.79. The monoisotopic (exact) mass is 317 g/mol. The van der Waals surface area contributed by atoms with E-state index in [2.05, 4.69) is 14.8 Å². The minimum Gasteiger partial charge on any atom is -0.468 e. The maximum atomic E-state index is 11.9. The zero-order valence-electron chi connectivity index (χ0n) is 14.4. The second kappa shape index (κ2) is 8.60. The standard InChI is InChI=1S/C15H27NO6/c1-9(2)8-10(16-14(19)22-15(3,4)5)11(12(17)20-6)13(18)21-7/h9-11H,8H2,1-7H3,(H,16,19)/t10-/m1/s1. The number of hydrogen-bond donors (Lipinski definition) is 1. The number of esters is 2. The van der Waals surface area contributed by atoms with Gasteiger partial charge in [-0.3, -0.25) is 9.59 Å². The van der Waals surface area contributed by atoms with E-state index in [-0.39, 0.29) is 5.92 Å². The maximum Gasteiger partial charge on any atom is 0.407 e. The van der Waals surface area contributed by atoms with Crippen LogP contribution in [0, 0.1) is 11.8 Å². The first-order chi connectivity index (χ1) is 10.0. The number of amides is 1. The molecule has 0 heterocycles. The molecule has 1 amide bonds. The Morgan fingerprint density at radius 1 is 1.00 bits per heavy atom. The number of carbonyl (C=O) groups is 3. The van der Waals surface area contributed by atoms with Gasteiger partial charge < -0.3 is 19.5 Å². The summed E-state index contributed by atoms with van der Waals surface area (Å²) in [5.74, 6) is -2.61. The van der Waals surface area contributed by atoms with Crippen LogP contribution in [0.3, 0.4) is 0 Å². The molecule has 0 radical (unpaired) electrons. The van der Waals surface area contributed by atoms with E-state index in [1.807, 2.05) is 13.8 Å². The molecule has 0 aromatic carbocycles. The summed E-state index contributed by atoms with van der Waals surface area (Å²) in [4.78, 5) is 35.7. The number of methoxy groups -OCH3 is 2. The lowest BCUT2D eigenvalue weighted by Gasteiger charge is -2.27. The molecule has 0 aromatic rings. The first kappa shape index (κ1) is 20.2. The van der Waals surface area contributed by atoms with Crippen molar-refractivity contribution >= 4 is 18.0 Å². The van der Waals surface area contributed by atoms with Gasteiger partial charge in [-0.05, 0) is 33.1 Å². The average molecular weight is 317 g/mol. The topological polar surface area (TPSA) is 90.9 Å². The van der Waals surface area contributed by atoms with E-state index in [4.69, 9.17) is 4.74 Å². The smallest absolute Gasteiger partial charge is 0.407 e. The number of alkyl carbamates (subject to hydrolysis) is 1. The van der Waals surface area contributed by atoms with Crippen molar-refractivity contribution in [2.75, 3.05) is 14.2 Å². The summed E-state index contributed by atoms with van der Waals surface area (Å²) in [6, 6.07) is -0.769. The van der Waals surface area contributed by atoms with Crippen molar-refractivity contribution in [1.29, 1.82) is 0 Å². The molecule has 22 heavy (non-hydrogen) atoms. The Labute approximate surface area is 131 Å². The van der Waals surface area contributed by atoms with Crippen LogP contribution in [0.2, 0.25) is 0 Å². The number of hydrogen-bond acceptors (Lipinski definition) is 6. The third-order valence-electron chi connectivity index (χ3n) is 2.74. The lowest BCUT2D eigenvalue weighted by Crippen LogP contribution is -2.49. The molecule has 0 bridgehead atoms. The number of rotatable bonds is 6. The molecule has 0 rings (SSSR count). The van der Waals surface area contributed by atoms with E-state index in [1.165, 1.54) is 14.2 Å². The number of carbonyl (C=O) groups excluding carboxylic acids is 3. The van der Waals surface area contributed by atoms with Gasteiger partial charge in [-0.15, -0.1) is 0 Å². The summed E-state index contributed by atoms with van der Waals surface area (Å²) >= 11 is 0. The Morgan fingerprint density at radius 3 is 1.77 bits per heavy atom. The Morgan fingerprint density at radius 2 is 1.45 bits per heavy atom. The van der Waals surface area contributed by atoms with E-state index in [0.717, 1.165) is 0 Å². The molecule has 0 saturated carbocycles. The molecular formula is C15H27NO6. The molecule has 0 aliphatic carbocycles. The molecule has 0 fully saturated rings. The third kappa shape index (κ3) is 7.28. The van der Waals surface area contributed by atoms with E-state index in [9.17, 15) is 14.4 Å². The first-order valence-corrected chi connectivity index (χ1v) is 7.17. The van der Waals surface area contributed by atoms with Gasteiger partial charge in [0, 0.05) is 0 Å². The van der Waals surface area contributed by atoms with Gasteiger partial charge in [-0.2, -0.15) is 0 Å². The minimum atomic E-state index is -1.23. The number of ether oxygens (including phenoxy) is 3. The SMILES string of the molecule is COC(=O)C(C(=O)OC)[C@@H](CC(C)C)NC(=O)OC(C)(C)C. The lowest BCUT2D eigenvalue weighted by molar-refractivity contribution is -0.160. The molecule has 128 valence electrons. The highest BCUT2D eigenvalue weighted by molar-refractivity contribution is 5.96. The van der Waals surface area contributed by atoms with Crippen molar-refractivity contribution in [3.05, 3.63) is 0 Å². The summed E-state index contributed by atoms with van der Waals surface area (Å²) in [5.41, 5.74) is -0.682. The van der Waals surface area contributed by atoms with Gasteiger partial charge in [-0.25, -0.2) is 4.79 Å². The zero-order chi connectivity index (χ0) is 17.5. The fourth-order valence-electron chi connectivity index (χ4n) is 1.92. The van der Waals surface area contributed by atoms with E-state index >= 15 is 0 Å².